The van der Waals surface area contributed by atoms with Crippen molar-refractivity contribution in [3.8, 4) is 11.5 Å². The van der Waals surface area contributed by atoms with E-state index in [1.807, 2.05) is 31.2 Å². The molecule has 0 saturated carbocycles. The highest BCUT2D eigenvalue weighted by Crippen LogP contribution is 2.27. The van der Waals surface area contributed by atoms with E-state index in [-0.39, 0.29) is 18.2 Å². The Kier molecular flexibility index (Phi) is 7.37. The molecule has 0 aliphatic rings. The molecule has 0 aromatic heterocycles. The van der Waals surface area contributed by atoms with Crippen LogP contribution in [0.15, 0.2) is 71.8 Å². The number of hydrazone groups is 1. The quantitative estimate of drug-likeness (QED) is 0.293. The second-order valence-corrected chi connectivity index (χ2v) is 6.74. The van der Waals surface area contributed by atoms with E-state index in [1.54, 1.807) is 36.5 Å². The molecule has 0 radical (unpaired) electrons. The minimum absolute atomic E-state index is 0.00689. The van der Waals surface area contributed by atoms with Crippen LogP contribution in [0.2, 0.25) is 0 Å². The summed E-state index contributed by atoms with van der Waals surface area (Å²) in [6.45, 7) is 1.75. The van der Waals surface area contributed by atoms with Gasteiger partial charge in [0, 0.05) is 17.8 Å². The third-order valence-electron chi connectivity index (χ3n) is 4.45. The van der Waals surface area contributed by atoms with Crippen LogP contribution in [0.5, 0.6) is 11.5 Å². The molecule has 0 heterocycles. The third kappa shape index (κ3) is 6.05. The molecule has 0 atom stereocenters. The summed E-state index contributed by atoms with van der Waals surface area (Å²) in [5.74, 6) is 0.597. The molecule has 2 N–H and O–H groups in total. The van der Waals surface area contributed by atoms with Crippen molar-refractivity contribution in [1.29, 1.82) is 0 Å². The van der Waals surface area contributed by atoms with E-state index in [4.69, 9.17) is 9.47 Å². The van der Waals surface area contributed by atoms with Gasteiger partial charge in [0.15, 0.2) is 18.1 Å². The summed E-state index contributed by atoms with van der Waals surface area (Å²) in [5, 5.41) is 17.6. The normalized spacial score (nSPS) is 10.6. The molecule has 3 aromatic carbocycles. The summed E-state index contributed by atoms with van der Waals surface area (Å²) >= 11 is 0. The Morgan fingerprint density at radius 3 is 2.53 bits per heavy atom. The van der Waals surface area contributed by atoms with Crippen LogP contribution in [-0.4, -0.2) is 30.8 Å². The predicted molar refractivity (Wildman–Crippen MR) is 123 cm³/mol. The summed E-state index contributed by atoms with van der Waals surface area (Å²) < 4.78 is 11.0. The summed E-state index contributed by atoms with van der Waals surface area (Å²) in [7, 11) is 1.51. The zero-order valence-electron chi connectivity index (χ0n) is 17.6. The monoisotopic (exact) mass is 434 g/mol. The van der Waals surface area contributed by atoms with Crippen molar-refractivity contribution in [2.24, 2.45) is 5.10 Å². The van der Waals surface area contributed by atoms with E-state index in [2.05, 4.69) is 15.8 Å². The number of amides is 1. The number of ether oxygens (including phenoxy) is 2. The van der Waals surface area contributed by atoms with Crippen LogP contribution < -0.4 is 20.2 Å². The Morgan fingerprint density at radius 2 is 1.84 bits per heavy atom. The van der Waals surface area contributed by atoms with Gasteiger partial charge in [-0.1, -0.05) is 18.2 Å². The number of hydrogen-bond donors (Lipinski definition) is 2. The molecular weight excluding hydrogens is 412 g/mol. The van der Waals surface area contributed by atoms with Gasteiger partial charge in [0.05, 0.1) is 23.9 Å². The molecule has 0 aliphatic heterocycles. The first-order chi connectivity index (χ1) is 15.5. The average molecular weight is 434 g/mol. The first-order valence-electron chi connectivity index (χ1n) is 9.66. The van der Waals surface area contributed by atoms with E-state index >= 15 is 0 Å². The average Bonchev–Trinajstić information content (AvgIpc) is 2.80. The van der Waals surface area contributed by atoms with Crippen molar-refractivity contribution < 1.29 is 19.2 Å². The third-order valence-corrected chi connectivity index (χ3v) is 4.45. The molecule has 1 amide bonds. The van der Waals surface area contributed by atoms with Crippen LogP contribution in [0, 0.1) is 17.0 Å². The van der Waals surface area contributed by atoms with Crippen LogP contribution in [-0.2, 0) is 4.79 Å². The number of methoxy groups -OCH3 is 1. The van der Waals surface area contributed by atoms with Gasteiger partial charge < -0.3 is 14.8 Å². The van der Waals surface area contributed by atoms with Gasteiger partial charge in [-0.15, -0.1) is 0 Å². The van der Waals surface area contributed by atoms with Crippen LogP contribution in [0.3, 0.4) is 0 Å². The number of para-hydroxylation sites is 1. The number of carbonyl (C=O) groups excluding carboxylic acids is 1. The van der Waals surface area contributed by atoms with Crippen molar-refractivity contribution >= 4 is 29.2 Å². The zero-order valence-corrected chi connectivity index (χ0v) is 17.6. The van der Waals surface area contributed by atoms with E-state index in [0.717, 1.165) is 16.8 Å². The minimum atomic E-state index is -0.463. The first-order valence-corrected chi connectivity index (χ1v) is 9.66. The highest BCUT2D eigenvalue weighted by atomic mass is 16.6. The van der Waals surface area contributed by atoms with E-state index < -0.39 is 4.92 Å². The van der Waals surface area contributed by atoms with E-state index in [9.17, 15) is 14.9 Å². The molecule has 9 heteroatoms. The highest BCUT2D eigenvalue weighted by molar-refractivity contribution is 5.92. The van der Waals surface area contributed by atoms with Crippen molar-refractivity contribution in [2.75, 3.05) is 24.5 Å². The summed E-state index contributed by atoms with van der Waals surface area (Å²) in [6, 6.07) is 18.6. The Morgan fingerprint density at radius 1 is 1.09 bits per heavy atom. The number of aryl methyl sites for hydroxylation is 1. The highest BCUT2D eigenvalue weighted by Gasteiger charge is 2.10. The molecule has 0 unspecified atom stereocenters. The lowest BCUT2D eigenvalue weighted by Gasteiger charge is -2.12. The molecule has 0 fully saturated rings. The standard InChI is InChI=1S/C23H22N4O5/c1-16-5-3-4-6-20(16)25-23(28)15-32-21-12-7-17(13-22(21)31-2)14-24-26-18-8-10-19(11-9-18)27(29)30/h3-14,26H,15H2,1-2H3,(H,25,28)/b24-14+. The van der Waals surface area contributed by atoms with Gasteiger partial charge in [0.1, 0.15) is 0 Å². The lowest BCUT2D eigenvalue weighted by Crippen LogP contribution is -2.20. The van der Waals surface area contributed by atoms with Gasteiger partial charge in [-0.05, 0) is 54.4 Å². The van der Waals surface area contributed by atoms with Gasteiger partial charge in [-0.3, -0.25) is 20.3 Å². The van der Waals surface area contributed by atoms with Gasteiger partial charge in [0.25, 0.3) is 11.6 Å². The Labute approximate surface area is 184 Å². The number of benzene rings is 3. The van der Waals surface area contributed by atoms with Crippen LogP contribution >= 0.6 is 0 Å². The van der Waals surface area contributed by atoms with E-state index in [1.165, 1.54) is 19.2 Å². The summed E-state index contributed by atoms with van der Waals surface area (Å²) in [6.07, 6.45) is 1.57. The number of nitrogens with zero attached hydrogens (tertiary/aromatic N) is 2. The van der Waals surface area contributed by atoms with Gasteiger partial charge in [-0.2, -0.15) is 5.10 Å². The zero-order chi connectivity index (χ0) is 22.9. The van der Waals surface area contributed by atoms with Crippen LogP contribution in [0.1, 0.15) is 11.1 Å². The molecule has 32 heavy (non-hydrogen) atoms. The molecule has 0 bridgehead atoms. The van der Waals surface area contributed by atoms with Gasteiger partial charge >= 0.3 is 0 Å². The van der Waals surface area contributed by atoms with Crippen LogP contribution in [0.4, 0.5) is 17.1 Å². The number of non-ortho nitro benzene ring substituents is 1. The molecule has 9 nitrogen and oxygen atoms in total. The van der Waals surface area contributed by atoms with Gasteiger partial charge in [0.2, 0.25) is 0 Å². The largest absolute Gasteiger partial charge is 0.493 e. The number of carbonyl (C=O) groups is 1. The fraction of sp³-hybridized carbons (Fsp3) is 0.130. The van der Waals surface area contributed by atoms with Crippen molar-refractivity contribution in [1.82, 2.24) is 0 Å². The van der Waals surface area contributed by atoms with E-state index in [0.29, 0.717) is 17.2 Å². The minimum Gasteiger partial charge on any atom is -0.493 e. The smallest absolute Gasteiger partial charge is 0.269 e. The second-order valence-electron chi connectivity index (χ2n) is 6.74. The number of rotatable bonds is 9. The fourth-order valence-electron chi connectivity index (χ4n) is 2.77. The van der Waals surface area contributed by atoms with Crippen molar-refractivity contribution in [2.45, 2.75) is 6.92 Å². The lowest BCUT2D eigenvalue weighted by atomic mass is 10.2. The maximum atomic E-state index is 12.2. The second kappa shape index (κ2) is 10.6. The molecule has 0 saturated heterocycles. The van der Waals surface area contributed by atoms with Gasteiger partial charge in [-0.25, -0.2) is 0 Å². The summed E-state index contributed by atoms with van der Waals surface area (Å²) in [5.41, 5.74) is 5.85. The summed E-state index contributed by atoms with van der Waals surface area (Å²) in [4.78, 5) is 22.4. The van der Waals surface area contributed by atoms with Crippen molar-refractivity contribution in [3.05, 3.63) is 88.0 Å². The number of anilines is 2. The number of nitro groups is 1. The molecule has 0 aliphatic carbocycles. The fourth-order valence-corrected chi connectivity index (χ4v) is 2.77. The molecule has 3 rings (SSSR count). The van der Waals surface area contributed by atoms with Crippen LogP contribution in [0.25, 0.3) is 0 Å². The number of hydrogen-bond acceptors (Lipinski definition) is 7. The topological polar surface area (TPSA) is 115 Å². The number of nitro benzene ring substituents is 1. The molecule has 3 aromatic rings. The maximum absolute atomic E-state index is 12.2. The SMILES string of the molecule is COc1cc(/C=N/Nc2ccc([N+](=O)[O-])cc2)ccc1OCC(=O)Nc1ccccc1C. The predicted octanol–water partition coefficient (Wildman–Crippen LogP) is 4.38. The Bertz CT molecular complexity index is 1130. The maximum Gasteiger partial charge on any atom is 0.269 e. The van der Waals surface area contributed by atoms with Crippen molar-refractivity contribution in [3.63, 3.8) is 0 Å². The molecule has 0 spiro atoms. The Hall–Kier alpha value is -4.40. The molecular formula is C23H22N4O5. The number of nitrogens with one attached hydrogen (secondary N) is 2. The Balaban J connectivity index is 1.57. The molecule has 164 valence electrons. The first kappa shape index (κ1) is 22.3. The lowest BCUT2D eigenvalue weighted by molar-refractivity contribution is -0.384.